The summed E-state index contributed by atoms with van der Waals surface area (Å²) in [6.45, 7) is 0. The summed E-state index contributed by atoms with van der Waals surface area (Å²) in [4.78, 5) is 57.8. The van der Waals surface area contributed by atoms with Crippen LogP contribution in [-0.4, -0.2) is 76.0 Å². The maximum Gasteiger partial charge on any atom is 3.00 e. The second kappa shape index (κ2) is 56.2. The molecule has 0 heterocycles. The maximum absolute atomic E-state index is 8.25. The quantitative estimate of drug-likeness (QED) is 0.173. The Morgan fingerprint density at radius 3 is 0.290 bits per heavy atom. The Bertz CT molecular complexity index is 321. The summed E-state index contributed by atoms with van der Waals surface area (Å²) in [5.74, 6) is 0. The van der Waals surface area contributed by atoms with Gasteiger partial charge < -0.3 is 107 Å². The summed E-state index contributed by atoms with van der Waals surface area (Å²) in [6.07, 6.45) is 0. The Hall–Kier alpha value is -3.79. The van der Waals surface area contributed by atoms with Crippen LogP contribution in [0, 0.1) is 107 Å². The first-order valence-corrected chi connectivity index (χ1v) is 3.83. The maximum atomic E-state index is 8.25. The van der Waals surface area contributed by atoms with Crippen LogP contribution < -0.4 is 0 Å². The van der Waals surface area contributed by atoms with Crippen LogP contribution in [0.2, 0.25) is 0 Å². The molecule has 0 fully saturated rings. The van der Waals surface area contributed by atoms with Crippen LogP contribution in [0.5, 0.6) is 0 Å². The minimum absolute atomic E-state index is 0. The van der Waals surface area contributed by atoms with Gasteiger partial charge in [0, 0.05) is 0 Å². The molecule has 0 aliphatic carbocycles. The zero-order chi connectivity index (χ0) is 25.0. The van der Waals surface area contributed by atoms with Gasteiger partial charge in [-0.25, -0.2) is 0 Å². The van der Waals surface area contributed by atoms with E-state index in [-0.39, 0.29) is 57.2 Å². The van der Waals surface area contributed by atoms with Crippen molar-refractivity contribution in [2.75, 3.05) is 0 Å². The van der Waals surface area contributed by atoms with Crippen molar-refractivity contribution in [1.82, 2.24) is 0 Å². The zero-order valence-electron chi connectivity index (χ0n) is 13.3. The average molecular weight is 544 g/mol. The van der Waals surface area contributed by atoms with Crippen molar-refractivity contribution >= 4 is 40.4 Å². The molecule has 0 aromatic rings. The first kappa shape index (κ1) is 63.1. The standard InChI is InChI=1S/Al.Co.Mg.7NO3/c;;;7*2-1(3)4/q+3;2*+2;7*-1. The minimum Gasteiger partial charge on any atom is -0.356 e. The first-order valence-electron chi connectivity index (χ1n) is 3.83. The van der Waals surface area contributed by atoms with Crippen molar-refractivity contribution in [3.63, 3.8) is 0 Å². The van der Waals surface area contributed by atoms with Crippen molar-refractivity contribution in [1.29, 1.82) is 0 Å². The molecule has 0 aliphatic rings. The fraction of sp³-hybridized carbons (Fsp3) is 0. The van der Waals surface area contributed by atoms with Crippen molar-refractivity contribution in [2.45, 2.75) is 0 Å². The van der Waals surface area contributed by atoms with Gasteiger partial charge in [-0.3, -0.25) is 0 Å². The third-order valence-corrected chi connectivity index (χ3v) is 0. The van der Waals surface area contributed by atoms with E-state index < -0.39 is 35.6 Å². The van der Waals surface area contributed by atoms with Crippen LogP contribution in [0.15, 0.2) is 0 Å². The van der Waals surface area contributed by atoms with Gasteiger partial charge in [0.2, 0.25) is 0 Å². The van der Waals surface area contributed by atoms with E-state index in [1.165, 1.54) is 0 Å². The van der Waals surface area contributed by atoms with Gasteiger partial charge in [-0.2, -0.15) is 0 Å². The van der Waals surface area contributed by atoms with E-state index in [0.717, 1.165) is 0 Å². The molecule has 0 unspecified atom stereocenters. The van der Waals surface area contributed by atoms with Gasteiger partial charge in [0.15, 0.2) is 0 Å². The van der Waals surface area contributed by atoms with Crippen molar-refractivity contribution in [3.8, 4) is 0 Å². The second-order valence-electron chi connectivity index (χ2n) is 1.57. The molecule has 0 saturated heterocycles. The SMILES string of the molecule is O=[N+]([O-])[O-].O=[N+]([O-])[O-].O=[N+]([O-])[O-].O=[N+]([O-])[O-].O=[N+]([O-])[O-].O=[N+]([O-])[O-].O=[N+]([O-])[O-].[Al+3].[Co+2].[Mg+2]. The fourth-order valence-electron chi connectivity index (χ4n) is 0. The second-order valence-corrected chi connectivity index (χ2v) is 1.57. The Morgan fingerprint density at radius 1 is 0.290 bits per heavy atom. The Labute approximate surface area is 200 Å². The van der Waals surface area contributed by atoms with Gasteiger partial charge >= 0.3 is 57.2 Å². The molecule has 1 radical (unpaired) electrons. The molecular formula is AlCoMgN7O21. The van der Waals surface area contributed by atoms with Crippen molar-refractivity contribution < 1.29 is 52.4 Å². The van der Waals surface area contributed by atoms with Crippen molar-refractivity contribution in [3.05, 3.63) is 107 Å². The molecule has 0 bridgehead atoms. The molecule has 0 N–H and O–H groups in total. The Morgan fingerprint density at radius 2 is 0.290 bits per heavy atom. The molecule has 175 valence electrons. The van der Waals surface area contributed by atoms with Crippen LogP contribution in [0.1, 0.15) is 0 Å². The fourth-order valence-corrected chi connectivity index (χ4v) is 0. The van der Waals surface area contributed by atoms with E-state index in [9.17, 15) is 0 Å². The summed E-state index contributed by atoms with van der Waals surface area (Å²) < 4.78 is 0. The summed E-state index contributed by atoms with van der Waals surface area (Å²) in [6, 6.07) is 0. The molecular weight excluding hydrogens is 544 g/mol. The summed E-state index contributed by atoms with van der Waals surface area (Å²) in [5, 5.41) is 103. The molecule has 0 aromatic heterocycles. The van der Waals surface area contributed by atoms with E-state index in [2.05, 4.69) is 0 Å². The number of hydrogen-bond donors (Lipinski definition) is 0. The predicted molar refractivity (Wildman–Crippen MR) is 84.0 cm³/mol. The van der Waals surface area contributed by atoms with Gasteiger partial charge in [-0.05, 0) is 0 Å². The molecule has 31 heteroatoms. The molecule has 0 aromatic carbocycles. The van der Waals surface area contributed by atoms with Crippen LogP contribution in [-0.2, 0) is 16.8 Å². The Kier molecular flexibility index (Phi) is 114. The number of hydrogen-bond acceptors (Lipinski definition) is 21. The molecule has 28 nitrogen and oxygen atoms in total. The monoisotopic (exact) mass is 544 g/mol. The molecule has 0 amide bonds. The average Bonchev–Trinajstić information content (AvgIpc) is 2.20. The molecule has 0 spiro atoms. The third-order valence-electron chi connectivity index (χ3n) is 0. The summed E-state index contributed by atoms with van der Waals surface area (Å²) >= 11 is 0. The van der Waals surface area contributed by atoms with E-state index in [1.807, 2.05) is 0 Å². The first-order chi connectivity index (χ1) is 12.1. The van der Waals surface area contributed by atoms with E-state index in [4.69, 9.17) is 107 Å². The smallest absolute Gasteiger partial charge is 0.356 e. The minimum atomic E-state index is -1.75. The van der Waals surface area contributed by atoms with Gasteiger partial charge in [0.1, 0.15) is 0 Å². The predicted octanol–water partition coefficient (Wildman–Crippen LogP) is -2.44. The van der Waals surface area contributed by atoms with Crippen LogP contribution in [0.4, 0.5) is 0 Å². The topological polar surface area (TPSA) is 463 Å². The largest absolute Gasteiger partial charge is 3.00 e. The van der Waals surface area contributed by atoms with Crippen LogP contribution in [0.3, 0.4) is 0 Å². The zero-order valence-corrected chi connectivity index (χ0v) is 16.9. The van der Waals surface area contributed by atoms with E-state index >= 15 is 0 Å². The molecule has 0 atom stereocenters. The summed E-state index contributed by atoms with van der Waals surface area (Å²) in [5.41, 5.74) is 0. The number of nitrogens with zero attached hydrogens (tertiary/aromatic N) is 7. The van der Waals surface area contributed by atoms with Gasteiger partial charge in [-0.15, -0.1) is 0 Å². The summed E-state index contributed by atoms with van der Waals surface area (Å²) in [7, 11) is 0. The molecule has 0 saturated carbocycles. The Balaban J connectivity index is -0.0000000204. The normalized spacial score (nSPS) is 5.42. The van der Waals surface area contributed by atoms with Crippen molar-refractivity contribution in [2.24, 2.45) is 0 Å². The molecule has 31 heavy (non-hydrogen) atoms. The third kappa shape index (κ3) is 1070. The van der Waals surface area contributed by atoms with Crippen LogP contribution >= 0.6 is 0 Å². The van der Waals surface area contributed by atoms with Crippen LogP contribution in [0.25, 0.3) is 0 Å². The van der Waals surface area contributed by atoms with Gasteiger partial charge in [-0.1, -0.05) is 0 Å². The number of rotatable bonds is 0. The molecule has 0 rings (SSSR count). The molecule has 0 aliphatic heterocycles. The van der Waals surface area contributed by atoms with Gasteiger partial charge in [0.05, 0.1) is 35.6 Å². The van der Waals surface area contributed by atoms with E-state index in [0.29, 0.717) is 0 Å². The van der Waals surface area contributed by atoms with Gasteiger partial charge in [0.25, 0.3) is 0 Å². The van der Waals surface area contributed by atoms with E-state index in [1.54, 1.807) is 0 Å².